The fourth-order valence-electron chi connectivity index (χ4n) is 12.9. The van der Waals surface area contributed by atoms with E-state index in [-0.39, 0.29) is 108 Å². The van der Waals surface area contributed by atoms with Crippen molar-refractivity contribution in [3.8, 4) is 115 Å². The quantitative estimate of drug-likeness (QED) is 0.0250. The highest BCUT2D eigenvalue weighted by Crippen LogP contribution is 2.47. The van der Waals surface area contributed by atoms with Crippen molar-refractivity contribution in [1.82, 2.24) is 61.6 Å². The van der Waals surface area contributed by atoms with E-state index in [4.69, 9.17) is 48.9 Å². The normalized spacial score (nSPS) is 11.6. The molecule has 0 saturated carbocycles. The van der Waals surface area contributed by atoms with Gasteiger partial charge in [-0.25, -0.2) is 51.6 Å². The minimum Gasteiger partial charge on any atom is -0.507 e. The molecule has 116 heavy (non-hydrogen) atoms. The zero-order valence-electron chi connectivity index (χ0n) is 60.2. The Bertz CT molecular complexity index is 6690. The van der Waals surface area contributed by atoms with E-state index in [0.717, 1.165) is 0 Å². The van der Waals surface area contributed by atoms with Crippen LogP contribution in [0.15, 0.2) is 287 Å². The summed E-state index contributed by atoms with van der Waals surface area (Å²) in [5, 5.41) is 60.5. The molecule has 0 saturated heterocycles. The van der Waals surface area contributed by atoms with Crippen molar-refractivity contribution < 1.29 is 58.6 Å². The lowest BCUT2D eigenvalue weighted by Crippen LogP contribution is -2.17. The van der Waals surface area contributed by atoms with Gasteiger partial charge in [-0.15, -0.1) is 0 Å². The monoisotopic (exact) mass is 1530 g/mol. The van der Waals surface area contributed by atoms with Gasteiger partial charge in [-0.2, -0.15) is 20.4 Å². The molecule has 0 fully saturated rings. The SMILES string of the molecule is O=C(N/N=C/c1ccccc1Oc1ccc2c3nc4nc(nc5[nH]c(nc6nc(nc([nH]3)c2c1)-c1cccc(Oc2ccccc2/C=N/NC(=O)c2ccccc2O)c1-6)c1cccc(Oc2ccccc2/C=N/NC(=O)c2ccccc2O)c51)-c1cccc(Oc2ccccc2/C=N/NC(=O)c2ccccc2O)c1-4)c1ccccc1O. The Kier molecular flexibility index (Phi) is 19.5. The predicted molar refractivity (Wildman–Crippen MR) is 435 cm³/mol. The summed E-state index contributed by atoms with van der Waals surface area (Å²) in [6, 6.07) is 74.0. The summed E-state index contributed by atoms with van der Waals surface area (Å²) in [7, 11) is 0. The van der Waals surface area contributed by atoms with E-state index in [1.807, 2.05) is 24.3 Å². The van der Waals surface area contributed by atoms with E-state index in [0.29, 0.717) is 94.8 Å². The Balaban J connectivity index is 0.846. The molecule has 17 rings (SSSR count). The highest BCUT2D eigenvalue weighted by atomic mass is 16.5. The van der Waals surface area contributed by atoms with Crippen LogP contribution in [0.1, 0.15) is 63.7 Å². The molecule has 3 aromatic heterocycles. The van der Waals surface area contributed by atoms with Gasteiger partial charge >= 0.3 is 0 Å². The van der Waals surface area contributed by atoms with E-state index >= 15 is 0 Å². The lowest BCUT2D eigenvalue weighted by Gasteiger charge is -2.12. The first kappa shape index (κ1) is 71.9. The van der Waals surface area contributed by atoms with Crippen LogP contribution in [0.5, 0.6) is 69.0 Å². The van der Waals surface area contributed by atoms with Gasteiger partial charge in [-0.05, 0) is 133 Å². The van der Waals surface area contributed by atoms with Gasteiger partial charge in [0.1, 0.15) is 91.6 Å². The molecule has 0 atom stereocenters. The van der Waals surface area contributed by atoms with Crippen LogP contribution in [-0.2, 0) is 0 Å². The molecule has 2 aliphatic rings. The van der Waals surface area contributed by atoms with E-state index in [2.05, 4.69) is 52.1 Å². The maximum atomic E-state index is 13.2. The molecule has 562 valence electrons. The van der Waals surface area contributed by atoms with Crippen molar-refractivity contribution >= 4 is 92.6 Å². The average Bonchev–Trinajstić information content (AvgIpc) is 1.59. The van der Waals surface area contributed by atoms with Crippen molar-refractivity contribution in [2.45, 2.75) is 0 Å². The number of H-pyrrole nitrogens is 2. The van der Waals surface area contributed by atoms with Crippen LogP contribution in [0.3, 0.4) is 0 Å². The second-order valence-electron chi connectivity index (χ2n) is 25.8. The lowest BCUT2D eigenvalue weighted by molar-refractivity contribution is 0.0944. The lowest BCUT2D eigenvalue weighted by atomic mass is 10.1. The van der Waals surface area contributed by atoms with Crippen molar-refractivity contribution in [2.75, 3.05) is 0 Å². The van der Waals surface area contributed by atoms with Crippen molar-refractivity contribution in [2.24, 2.45) is 20.4 Å². The summed E-state index contributed by atoms with van der Waals surface area (Å²) in [6.45, 7) is 0. The molecule has 5 heterocycles. The molecule has 2 aliphatic heterocycles. The van der Waals surface area contributed by atoms with Gasteiger partial charge in [0.05, 0.1) is 63.6 Å². The number of phenols is 4. The summed E-state index contributed by atoms with van der Waals surface area (Å²) in [5.74, 6) is -0.392. The maximum Gasteiger partial charge on any atom is 0.275 e. The van der Waals surface area contributed by atoms with Crippen LogP contribution in [0, 0.1) is 0 Å². The molecule has 10 N–H and O–H groups in total. The van der Waals surface area contributed by atoms with E-state index < -0.39 is 23.6 Å². The Morgan fingerprint density at radius 1 is 0.293 bits per heavy atom. The van der Waals surface area contributed by atoms with Crippen LogP contribution in [-0.4, -0.2) is 109 Å². The molecular weight excluding hydrogens is 1470 g/mol. The second kappa shape index (κ2) is 31.5. The molecule has 0 unspecified atom stereocenters. The highest BCUT2D eigenvalue weighted by molar-refractivity contribution is 6.10. The van der Waals surface area contributed by atoms with Gasteiger partial charge in [-0.1, -0.05) is 133 Å². The first-order valence-corrected chi connectivity index (χ1v) is 35.7. The number of rotatable bonds is 20. The molecule has 28 nitrogen and oxygen atoms in total. The maximum absolute atomic E-state index is 13.2. The number of nitrogens with one attached hydrogen (secondary N) is 6. The fraction of sp³-hybridized carbons (Fsp3) is 0. The van der Waals surface area contributed by atoms with E-state index in [1.165, 1.54) is 73.4 Å². The molecule has 28 heteroatoms. The number of carbonyl (C=O) groups is 4. The number of fused-ring (bicyclic) bond motifs is 20. The number of hydrogen-bond acceptors (Lipinski definition) is 22. The number of aromatic amines is 2. The van der Waals surface area contributed by atoms with Gasteiger partial charge in [0.15, 0.2) is 23.3 Å². The van der Waals surface area contributed by atoms with Crippen LogP contribution in [0.25, 0.3) is 89.7 Å². The number of nitrogens with zero attached hydrogens (tertiary/aromatic N) is 10. The molecule has 15 aromatic rings. The largest absolute Gasteiger partial charge is 0.507 e. The summed E-state index contributed by atoms with van der Waals surface area (Å²) >= 11 is 0. The molecule has 4 amide bonds. The smallest absolute Gasteiger partial charge is 0.275 e. The number of aromatic nitrogens is 8. The van der Waals surface area contributed by atoms with Crippen molar-refractivity contribution in [1.29, 1.82) is 0 Å². The Morgan fingerprint density at radius 3 is 1.03 bits per heavy atom. The van der Waals surface area contributed by atoms with Gasteiger partial charge < -0.3 is 49.3 Å². The summed E-state index contributed by atoms with van der Waals surface area (Å²) in [5.41, 5.74) is 14.6. The number of carbonyl (C=O) groups excluding carboxylic acids is 4. The van der Waals surface area contributed by atoms with Gasteiger partial charge in [0.2, 0.25) is 0 Å². The summed E-state index contributed by atoms with van der Waals surface area (Å²) < 4.78 is 27.4. The highest BCUT2D eigenvalue weighted by Gasteiger charge is 2.29. The number of ether oxygens (including phenoxy) is 4. The van der Waals surface area contributed by atoms with Gasteiger partial charge in [0.25, 0.3) is 23.6 Å². The number of aromatic hydroxyl groups is 4. The molecule has 8 bridgehead atoms. The molecule has 12 aromatic carbocycles. The third kappa shape index (κ3) is 14.8. The Morgan fingerprint density at radius 2 is 0.612 bits per heavy atom. The number of hydrogen-bond donors (Lipinski definition) is 10. The zero-order chi connectivity index (χ0) is 79.2. The van der Waals surface area contributed by atoms with Crippen molar-refractivity contribution in [3.05, 3.63) is 311 Å². The number of hydrazone groups is 4. The standard InChI is InChI=1S/C88H58N16O12/c105-63-31-9-5-24-55(63)85(109)101-89-45-49-20-1-13-35-67(49)113-53-42-43-54-62(44-53)81-93-77(54)95-82-75-60(29-18-40-72(75)115-69-37-15-3-22-51(69)47-91-103-87(111)57-26-7-11-33-65(57)107)79(97-82)99-84-76-61(30-19-41-73(76)116-70-38-16-4-23-52(70)48-92-104-88(112)58-27-8-12-34-66(58)108)80(100-84)98-83-74-59(78(94-81)96-83)28-17-39-71(74)114-68-36-14-2-21-50(68)46-90-102-86(110)56-25-6-10-32-64(56)106/h1-48,105-108H,(H,101,109)(H,102,110)(H,103,111)(H,104,112)(H2,93,94,95,96,97,98,99,100)/b89-45+,90-46+,91-47+,92-48+. The number of benzene rings is 12. The first-order chi connectivity index (χ1) is 56.8. The minimum atomic E-state index is -0.645. The molecule has 0 radical (unpaired) electrons. The second-order valence-corrected chi connectivity index (χ2v) is 25.8. The van der Waals surface area contributed by atoms with Crippen molar-refractivity contribution in [3.63, 3.8) is 0 Å². The van der Waals surface area contributed by atoms with Crippen LogP contribution in [0.4, 0.5) is 0 Å². The number of phenolic OH excluding ortho intramolecular Hbond substituents is 4. The van der Waals surface area contributed by atoms with Crippen LogP contribution in [0.2, 0.25) is 0 Å². The minimum absolute atomic E-state index is 0.0211. The summed E-state index contributed by atoms with van der Waals surface area (Å²) in [4.78, 5) is 91.9. The average molecular weight is 1530 g/mol. The first-order valence-electron chi connectivity index (χ1n) is 35.7. The zero-order valence-corrected chi connectivity index (χ0v) is 60.2. The van der Waals surface area contributed by atoms with Crippen LogP contribution >= 0.6 is 0 Å². The fourth-order valence-corrected chi connectivity index (χ4v) is 12.9. The Labute approximate surface area is 655 Å². The molecule has 0 aliphatic carbocycles. The van der Waals surface area contributed by atoms with Crippen LogP contribution < -0.4 is 40.7 Å². The molecular formula is C88H58N16O12. The van der Waals surface area contributed by atoms with Gasteiger partial charge in [-0.3, -0.25) is 19.2 Å². The third-order valence-corrected chi connectivity index (χ3v) is 18.4. The topological polar surface area (TPSA) is 393 Å². The third-order valence-electron chi connectivity index (χ3n) is 18.4. The van der Waals surface area contributed by atoms with Gasteiger partial charge in [0, 0.05) is 49.5 Å². The van der Waals surface area contributed by atoms with E-state index in [1.54, 1.807) is 194 Å². The predicted octanol–water partition coefficient (Wildman–Crippen LogP) is 15.9. The Hall–Kier alpha value is -17.0. The number of amides is 4. The summed E-state index contributed by atoms with van der Waals surface area (Å²) in [6.07, 6.45) is 5.67. The van der Waals surface area contributed by atoms with E-state index in [9.17, 15) is 39.6 Å². The molecule has 0 spiro atoms. The number of para-hydroxylation sites is 8.